The Balaban J connectivity index is 1.87. The van der Waals surface area contributed by atoms with Crippen LogP contribution in [0.25, 0.3) is 10.9 Å². The van der Waals surface area contributed by atoms with Crippen LogP contribution in [-0.2, 0) is 5.60 Å². The third kappa shape index (κ3) is 2.71. The molecule has 0 aliphatic carbocycles. The maximum Gasteiger partial charge on any atom is 0.137 e. The molecule has 108 valence electrons. The van der Waals surface area contributed by atoms with Gasteiger partial charge in [-0.15, -0.1) is 0 Å². The molecular weight excluding hydrogens is 273 g/mol. The second-order valence-corrected chi connectivity index (χ2v) is 4.99. The van der Waals surface area contributed by atoms with Crippen LogP contribution in [0.1, 0.15) is 12.7 Å². The molecule has 1 aromatic carbocycles. The number of aromatic nitrogens is 2. The number of furan rings is 1. The second kappa shape index (κ2) is 5.14. The summed E-state index contributed by atoms with van der Waals surface area (Å²) in [6.45, 7) is 1.80. The fourth-order valence-electron chi connectivity index (χ4n) is 2.10. The maximum atomic E-state index is 13.4. The molecule has 0 bridgehead atoms. The van der Waals surface area contributed by atoms with E-state index in [0.717, 1.165) is 0 Å². The molecule has 0 saturated carbocycles. The number of fused-ring (bicyclic) bond motifs is 1. The molecule has 0 aliphatic rings. The highest BCUT2D eigenvalue weighted by Crippen LogP contribution is 2.24. The topological polar surface area (TPSA) is 71.2 Å². The first-order valence-corrected chi connectivity index (χ1v) is 6.47. The highest BCUT2D eigenvalue weighted by Gasteiger charge is 2.26. The van der Waals surface area contributed by atoms with E-state index < -0.39 is 5.60 Å². The van der Waals surface area contributed by atoms with Gasteiger partial charge >= 0.3 is 0 Å². The van der Waals surface area contributed by atoms with Gasteiger partial charge in [-0.1, -0.05) is 0 Å². The molecule has 3 aromatic rings. The van der Waals surface area contributed by atoms with Gasteiger partial charge in [-0.05, 0) is 37.3 Å². The summed E-state index contributed by atoms with van der Waals surface area (Å²) < 4.78 is 18.6. The summed E-state index contributed by atoms with van der Waals surface area (Å²) in [6, 6.07) is 7.69. The molecule has 3 rings (SSSR count). The van der Waals surface area contributed by atoms with E-state index in [-0.39, 0.29) is 12.4 Å². The van der Waals surface area contributed by atoms with Gasteiger partial charge in [-0.2, -0.15) is 0 Å². The van der Waals surface area contributed by atoms with Gasteiger partial charge in [0.15, 0.2) is 0 Å². The quantitative estimate of drug-likeness (QED) is 0.772. The summed E-state index contributed by atoms with van der Waals surface area (Å²) in [6.07, 6.45) is 2.89. The smallest absolute Gasteiger partial charge is 0.137 e. The van der Waals surface area contributed by atoms with Crippen LogP contribution in [0.3, 0.4) is 0 Å². The largest absolute Gasteiger partial charge is 0.466 e. The number of aliphatic hydroxyl groups is 1. The number of nitrogens with zero attached hydrogens (tertiary/aromatic N) is 2. The lowest BCUT2D eigenvalue weighted by Crippen LogP contribution is -2.30. The number of hydrogen-bond donors (Lipinski definition) is 2. The van der Waals surface area contributed by atoms with Crippen molar-refractivity contribution in [1.82, 2.24) is 9.97 Å². The molecule has 0 amide bonds. The van der Waals surface area contributed by atoms with E-state index in [0.29, 0.717) is 22.5 Å². The molecular formula is C15H14FN3O2. The average Bonchev–Trinajstić information content (AvgIpc) is 3.00. The standard InChI is InChI=1S/C15H14FN3O2/c1-15(20,13-3-2-6-21-13)8-17-14-11-7-10(16)4-5-12(11)18-9-19-14/h2-7,9,20H,8H2,1H3,(H,17,18,19). The van der Waals surface area contributed by atoms with Gasteiger partial charge in [-0.25, -0.2) is 14.4 Å². The number of hydrogen-bond acceptors (Lipinski definition) is 5. The highest BCUT2D eigenvalue weighted by atomic mass is 19.1. The van der Waals surface area contributed by atoms with E-state index in [1.807, 2.05) is 0 Å². The van der Waals surface area contributed by atoms with Gasteiger partial charge in [0.05, 0.1) is 18.3 Å². The Labute approximate surface area is 120 Å². The maximum absolute atomic E-state index is 13.4. The number of anilines is 1. The van der Waals surface area contributed by atoms with Crippen LogP contribution in [0, 0.1) is 5.82 Å². The average molecular weight is 287 g/mol. The lowest BCUT2D eigenvalue weighted by molar-refractivity contribution is 0.0476. The van der Waals surface area contributed by atoms with Crippen molar-refractivity contribution in [3.05, 3.63) is 54.5 Å². The molecule has 2 N–H and O–H groups in total. The predicted octanol–water partition coefficient (Wildman–Crippen LogP) is 2.68. The summed E-state index contributed by atoms with van der Waals surface area (Å²) in [5.74, 6) is 0.545. The number of halogens is 1. The molecule has 0 fully saturated rings. The van der Waals surface area contributed by atoms with Crippen molar-refractivity contribution in [3.63, 3.8) is 0 Å². The Morgan fingerprint density at radius 2 is 2.19 bits per heavy atom. The SMILES string of the molecule is CC(O)(CNc1ncnc2ccc(F)cc12)c1ccco1. The van der Waals surface area contributed by atoms with Crippen molar-refractivity contribution in [2.24, 2.45) is 0 Å². The summed E-state index contributed by atoms with van der Waals surface area (Å²) in [4.78, 5) is 8.18. The van der Waals surface area contributed by atoms with Gasteiger partial charge in [0, 0.05) is 5.39 Å². The monoisotopic (exact) mass is 287 g/mol. The Bertz CT molecular complexity index is 757. The van der Waals surface area contributed by atoms with Gasteiger partial charge in [0.2, 0.25) is 0 Å². The van der Waals surface area contributed by atoms with E-state index in [9.17, 15) is 9.50 Å². The Hall–Kier alpha value is -2.47. The highest BCUT2D eigenvalue weighted by molar-refractivity contribution is 5.88. The van der Waals surface area contributed by atoms with Crippen molar-refractivity contribution >= 4 is 16.7 Å². The van der Waals surface area contributed by atoms with Crippen LogP contribution in [0.4, 0.5) is 10.2 Å². The third-order valence-corrected chi connectivity index (χ3v) is 3.25. The van der Waals surface area contributed by atoms with Crippen LogP contribution in [-0.4, -0.2) is 21.6 Å². The van der Waals surface area contributed by atoms with E-state index in [2.05, 4.69) is 15.3 Å². The number of benzene rings is 1. The molecule has 2 heterocycles. The Morgan fingerprint density at radius 1 is 1.33 bits per heavy atom. The van der Waals surface area contributed by atoms with Crippen molar-refractivity contribution in [3.8, 4) is 0 Å². The van der Waals surface area contributed by atoms with Crippen LogP contribution in [0.15, 0.2) is 47.3 Å². The summed E-state index contributed by atoms with van der Waals surface area (Å²) >= 11 is 0. The Kier molecular flexibility index (Phi) is 3.31. The van der Waals surface area contributed by atoms with Crippen molar-refractivity contribution in [2.45, 2.75) is 12.5 Å². The fourth-order valence-corrected chi connectivity index (χ4v) is 2.10. The molecule has 0 spiro atoms. The zero-order valence-corrected chi connectivity index (χ0v) is 11.4. The van der Waals surface area contributed by atoms with E-state index in [1.165, 1.54) is 24.7 Å². The summed E-state index contributed by atoms with van der Waals surface area (Å²) in [7, 11) is 0. The van der Waals surface area contributed by atoms with Crippen LogP contribution in [0.5, 0.6) is 0 Å². The van der Waals surface area contributed by atoms with Crippen LogP contribution >= 0.6 is 0 Å². The normalized spacial score (nSPS) is 14.0. The van der Waals surface area contributed by atoms with E-state index >= 15 is 0 Å². The first-order chi connectivity index (χ1) is 10.1. The first-order valence-electron chi connectivity index (χ1n) is 6.47. The van der Waals surface area contributed by atoms with Crippen molar-refractivity contribution < 1.29 is 13.9 Å². The zero-order valence-electron chi connectivity index (χ0n) is 11.4. The minimum atomic E-state index is -1.20. The van der Waals surface area contributed by atoms with Crippen LogP contribution < -0.4 is 5.32 Å². The fraction of sp³-hybridized carbons (Fsp3) is 0.200. The van der Waals surface area contributed by atoms with Gasteiger partial charge < -0.3 is 14.8 Å². The Morgan fingerprint density at radius 3 is 2.95 bits per heavy atom. The number of rotatable bonds is 4. The predicted molar refractivity (Wildman–Crippen MR) is 76.3 cm³/mol. The molecule has 5 nitrogen and oxygen atoms in total. The zero-order chi connectivity index (χ0) is 14.9. The lowest BCUT2D eigenvalue weighted by Gasteiger charge is -2.21. The lowest BCUT2D eigenvalue weighted by atomic mass is 10.0. The van der Waals surface area contributed by atoms with Crippen molar-refractivity contribution in [1.29, 1.82) is 0 Å². The molecule has 1 unspecified atom stereocenters. The summed E-state index contributed by atoms with van der Waals surface area (Å²) in [5.41, 5.74) is -0.569. The molecule has 0 radical (unpaired) electrons. The first kappa shape index (κ1) is 13.5. The third-order valence-electron chi connectivity index (χ3n) is 3.25. The van der Waals surface area contributed by atoms with Gasteiger partial charge in [0.25, 0.3) is 0 Å². The molecule has 0 aliphatic heterocycles. The second-order valence-electron chi connectivity index (χ2n) is 4.99. The van der Waals surface area contributed by atoms with Crippen LogP contribution in [0.2, 0.25) is 0 Å². The molecule has 2 aromatic heterocycles. The van der Waals surface area contributed by atoms with E-state index in [1.54, 1.807) is 25.1 Å². The molecule has 1 atom stereocenters. The van der Waals surface area contributed by atoms with Gasteiger partial charge in [-0.3, -0.25) is 0 Å². The minimum Gasteiger partial charge on any atom is -0.466 e. The molecule has 0 saturated heterocycles. The number of nitrogens with one attached hydrogen (secondary N) is 1. The van der Waals surface area contributed by atoms with Gasteiger partial charge in [0.1, 0.15) is 29.3 Å². The van der Waals surface area contributed by atoms with E-state index in [4.69, 9.17) is 4.42 Å². The van der Waals surface area contributed by atoms with Crippen molar-refractivity contribution in [2.75, 3.05) is 11.9 Å². The summed E-state index contributed by atoms with van der Waals surface area (Å²) in [5, 5.41) is 14.0. The minimum absolute atomic E-state index is 0.170. The molecule has 21 heavy (non-hydrogen) atoms. The molecule has 6 heteroatoms.